The van der Waals surface area contributed by atoms with Gasteiger partial charge in [0.25, 0.3) is 0 Å². The number of nitrogens with zero attached hydrogens (tertiary/aromatic N) is 1. The van der Waals surface area contributed by atoms with Gasteiger partial charge < -0.3 is 10.2 Å². The molecule has 1 aliphatic heterocycles. The van der Waals surface area contributed by atoms with Crippen molar-refractivity contribution in [2.45, 2.75) is 32.9 Å². The zero-order valence-electron chi connectivity index (χ0n) is 10.8. The van der Waals surface area contributed by atoms with Gasteiger partial charge in [0.1, 0.15) is 0 Å². The van der Waals surface area contributed by atoms with Crippen molar-refractivity contribution in [3.8, 4) is 0 Å². The molecule has 94 valence electrons. The van der Waals surface area contributed by atoms with Crippen LogP contribution in [-0.4, -0.2) is 25.2 Å². The standard InChI is InChI=1S/C14H21BrN2/c1-10(2)14-9-17(11(3)8-16-14)13-6-4-12(15)5-7-13/h4-7,10-11,14,16H,8-9H2,1-3H3. The van der Waals surface area contributed by atoms with Crippen LogP contribution in [0.2, 0.25) is 0 Å². The number of hydrogen-bond donors (Lipinski definition) is 1. The molecule has 1 saturated heterocycles. The third kappa shape index (κ3) is 3.02. The number of benzene rings is 1. The van der Waals surface area contributed by atoms with Gasteiger partial charge in [0.2, 0.25) is 0 Å². The summed E-state index contributed by atoms with van der Waals surface area (Å²) in [4.78, 5) is 2.51. The first-order valence-electron chi connectivity index (χ1n) is 6.33. The molecule has 0 aliphatic carbocycles. The van der Waals surface area contributed by atoms with Gasteiger partial charge in [-0.05, 0) is 37.1 Å². The number of rotatable bonds is 2. The summed E-state index contributed by atoms with van der Waals surface area (Å²) >= 11 is 3.49. The Morgan fingerprint density at radius 2 is 1.94 bits per heavy atom. The predicted molar refractivity (Wildman–Crippen MR) is 77.6 cm³/mol. The molecule has 2 atom stereocenters. The second-order valence-corrected chi connectivity index (χ2v) is 6.15. The van der Waals surface area contributed by atoms with E-state index >= 15 is 0 Å². The largest absolute Gasteiger partial charge is 0.366 e. The average Bonchev–Trinajstić information content (AvgIpc) is 2.31. The summed E-state index contributed by atoms with van der Waals surface area (Å²) in [6.45, 7) is 9.02. The Kier molecular flexibility index (Phi) is 4.10. The van der Waals surface area contributed by atoms with E-state index in [0.717, 1.165) is 17.6 Å². The summed E-state index contributed by atoms with van der Waals surface area (Å²) in [5.74, 6) is 0.681. The van der Waals surface area contributed by atoms with E-state index in [1.807, 2.05) is 0 Å². The van der Waals surface area contributed by atoms with Crippen molar-refractivity contribution in [1.82, 2.24) is 5.32 Å². The molecule has 1 N–H and O–H groups in total. The first-order chi connectivity index (χ1) is 8.08. The van der Waals surface area contributed by atoms with E-state index in [2.05, 4.69) is 71.2 Å². The minimum atomic E-state index is 0.561. The molecular weight excluding hydrogens is 276 g/mol. The summed E-state index contributed by atoms with van der Waals surface area (Å²) in [5.41, 5.74) is 1.33. The zero-order valence-corrected chi connectivity index (χ0v) is 12.4. The van der Waals surface area contributed by atoms with Crippen molar-refractivity contribution < 1.29 is 0 Å². The Morgan fingerprint density at radius 3 is 2.53 bits per heavy atom. The highest BCUT2D eigenvalue weighted by Crippen LogP contribution is 2.23. The normalized spacial score (nSPS) is 25.4. The Hall–Kier alpha value is -0.540. The lowest BCUT2D eigenvalue weighted by Gasteiger charge is -2.42. The first-order valence-corrected chi connectivity index (χ1v) is 7.13. The molecule has 0 spiro atoms. The Balaban J connectivity index is 2.15. The maximum absolute atomic E-state index is 3.63. The molecule has 1 fully saturated rings. The van der Waals surface area contributed by atoms with Crippen LogP contribution in [-0.2, 0) is 0 Å². The highest BCUT2D eigenvalue weighted by atomic mass is 79.9. The summed E-state index contributed by atoms with van der Waals surface area (Å²) < 4.78 is 1.14. The number of anilines is 1. The second kappa shape index (κ2) is 5.40. The topological polar surface area (TPSA) is 15.3 Å². The van der Waals surface area contributed by atoms with E-state index in [1.54, 1.807) is 0 Å². The maximum atomic E-state index is 3.63. The quantitative estimate of drug-likeness (QED) is 0.901. The van der Waals surface area contributed by atoms with Crippen LogP contribution in [0.5, 0.6) is 0 Å². The van der Waals surface area contributed by atoms with E-state index in [9.17, 15) is 0 Å². The van der Waals surface area contributed by atoms with Crippen molar-refractivity contribution in [3.05, 3.63) is 28.7 Å². The molecule has 0 aromatic heterocycles. The fourth-order valence-electron chi connectivity index (χ4n) is 2.33. The van der Waals surface area contributed by atoms with Crippen LogP contribution in [0.15, 0.2) is 28.7 Å². The molecule has 17 heavy (non-hydrogen) atoms. The van der Waals surface area contributed by atoms with E-state index < -0.39 is 0 Å². The number of hydrogen-bond acceptors (Lipinski definition) is 2. The molecule has 1 aromatic carbocycles. The van der Waals surface area contributed by atoms with Gasteiger partial charge in [-0.2, -0.15) is 0 Å². The van der Waals surface area contributed by atoms with Crippen LogP contribution >= 0.6 is 15.9 Å². The minimum Gasteiger partial charge on any atom is -0.366 e. The van der Waals surface area contributed by atoms with Crippen LogP contribution < -0.4 is 10.2 Å². The average molecular weight is 297 g/mol. The lowest BCUT2D eigenvalue weighted by atomic mass is 9.99. The van der Waals surface area contributed by atoms with Gasteiger partial charge in [0.05, 0.1) is 0 Å². The molecule has 3 heteroatoms. The van der Waals surface area contributed by atoms with Crippen LogP contribution in [0.4, 0.5) is 5.69 Å². The monoisotopic (exact) mass is 296 g/mol. The zero-order chi connectivity index (χ0) is 12.4. The highest BCUT2D eigenvalue weighted by molar-refractivity contribution is 9.10. The summed E-state index contributed by atoms with van der Waals surface area (Å²) in [7, 11) is 0. The van der Waals surface area contributed by atoms with Gasteiger partial charge >= 0.3 is 0 Å². The summed E-state index contributed by atoms with van der Waals surface area (Å²) in [5, 5.41) is 3.63. The lowest BCUT2D eigenvalue weighted by molar-refractivity contribution is 0.337. The molecular formula is C14H21BrN2. The van der Waals surface area contributed by atoms with E-state index in [1.165, 1.54) is 5.69 Å². The van der Waals surface area contributed by atoms with Gasteiger partial charge in [0, 0.05) is 35.3 Å². The third-order valence-electron chi connectivity index (χ3n) is 3.56. The van der Waals surface area contributed by atoms with E-state index in [-0.39, 0.29) is 0 Å². The number of nitrogens with one attached hydrogen (secondary N) is 1. The Bertz CT molecular complexity index is 361. The van der Waals surface area contributed by atoms with E-state index in [4.69, 9.17) is 0 Å². The molecule has 2 nitrogen and oxygen atoms in total. The van der Waals surface area contributed by atoms with Crippen molar-refractivity contribution in [2.24, 2.45) is 5.92 Å². The SMILES string of the molecule is CC(C)C1CN(c2ccc(Br)cc2)C(C)CN1. The van der Waals surface area contributed by atoms with Crippen molar-refractivity contribution in [2.75, 3.05) is 18.0 Å². The first kappa shape index (κ1) is 12.9. The van der Waals surface area contributed by atoms with E-state index in [0.29, 0.717) is 18.0 Å². The molecule has 2 rings (SSSR count). The summed E-state index contributed by atoms with van der Waals surface area (Å²) in [6, 6.07) is 9.79. The van der Waals surface area contributed by atoms with Gasteiger partial charge in [-0.25, -0.2) is 0 Å². The van der Waals surface area contributed by atoms with Gasteiger partial charge in [-0.3, -0.25) is 0 Å². The fraction of sp³-hybridized carbons (Fsp3) is 0.571. The molecule has 0 bridgehead atoms. The number of piperazine rings is 1. The van der Waals surface area contributed by atoms with Crippen LogP contribution in [0.3, 0.4) is 0 Å². The van der Waals surface area contributed by atoms with Gasteiger partial charge in [-0.15, -0.1) is 0 Å². The maximum Gasteiger partial charge on any atom is 0.0387 e. The smallest absolute Gasteiger partial charge is 0.0387 e. The number of halogens is 1. The second-order valence-electron chi connectivity index (χ2n) is 5.24. The summed E-state index contributed by atoms with van der Waals surface area (Å²) in [6.07, 6.45) is 0. The predicted octanol–water partition coefficient (Wildman–Crippen LogP) is 3.27. The molecule has 0 amide bonds. The van der Waals surface area contributed by atoms with Gasteiger partial charge in [0.15, 0.2) is 0 Å². The molecule has 1 aliphatic rings. The van der Waals surface area contributed by atoms with Crippen LogP contribution in [0.25, 0.3) is 0 Å². The highest BCUT2D eigenvalue weighted by Gasteiger charge is 2.26. The minimum absolute atomic E-state index is 0.561. The molecule has 2 unspecified atom stereocenters. The lowest BCUT2D eigenvalue weighted by Crippen LogP contribution is -2.57. The third-order valence-corrected chi connectivity index (χ3v) is 4.09. The molecule has 1 aromatic rings. The van der Waals surface area contributed by atoms with Gasteiger partial charge in [-0.1, -0.05) is 29.8 Å². The Morgan fingerprint density at radius 1 is 1.29 bits per heavy atom. The van der Waals surface area contributed by atoms with Crippen molar-refractivity contribution in [1.29, 1.82) is 0 Å². The van der Waals surface area contributed by atoms with Crippen molar-refractivity contribution >= 4 is 21.6 Å². The van der Waals surface area contributed by atoms with Crippen LogP contribution in [0.1, 0.15) is 20.8 Å². The Labute approximate surface area is 113 Å². The fourth-order valence-corrected chi connectivity index (χ4v) is 2.59. The molecule has 0 radical (unpaired) electrons. The van der Waals surface area contributed by atoms with Crippen molar-refractivity contribution in [3.63, 3.8) is 0 Å². The molecule has 1 heterocycles. The van der Waals surface area contributed by atoms with Crippen LogP contribution in [0, 0.1) is 5.92 Å². The molecule has 0 saturated carbocycles.